The summed E-state index contributed by atoms with van der Waals surface area (Å²) in [5.41, 5.74) is -0.330. The van der Waals surface area contributed by atoms with Crippen molar-refractivity contribution in [2.24, 2.45) is 0 Å². The van der Waals surface area contributed by atoms with E-state index in [1.54, 1.807) is 0 Å². The smallest absolute Gasteiger partial charge is 0.322 e. The molecule has 0 radical (unpaired) electrons. The number of nitrogens with zero attached hydrogens (tertiary/aromatic N) is 2. The van der Waals surface area contributed by atoms with Crippen LogP contribution in [0, 0.1) is 17.0 Å². The van der Waals surface area contributed by atoms with Gasteiger partial charge in [0.05, 0.1) is 12.0 Å². The first kappa shape index (κ1) is 15.6. The first-order valence-corrected chi connectivity index (χ1v) is 6.01. The van der Waals surface area contributed by atoms with Gasteiger partial charge in [0.15, 0.2) is 0 Å². The van der Waals surface area contributed by atoms with Crippen molar-refractivity contribution in [2.75, 3.05) is 13.7 Å². The van der Waals surface area contributed by atoms with E-state index < -0.39 is 10.8 Å². The van der Waals surface area contributed by atoms with Gasteiger partial charge in [0.25, 0.3) is 5.91 Å². The molecule has 110 valence electrons. The number of ether oxygens (including phenoxy) is 1. The Balaban J connectivity index is 2.44. The fourth-order valence-electron chi connectivity index (χ4n) is 1.59. The van der Waals surface area contributed by atoms with E-state index in [4.69, 9.17) is 0 Å². The summed E-state index contributed by atoms with van der Waals surface area (Å²) in [6.07, 6.45) is 1.40. The average molecular weight is 284 g/mol. The molecular weight excluding hydrogens is 268 g/mol. The van der Waals surface area contributed by atoms with Gasteiger partial charge in [0, 0.05) is 13.0 Å². The highest BCUT2D eigenvalue weighted by atomic mass is 16.6. The lowest BCUT2D eigenvalue weighted by Gasteiger charge is -2.02. The minimum Gasteiger partial charge on any atom is -0.469 e. The second kappa shape index (κ2) is 7.22. The van der Waals surface area contributed by atoms with E-state index in [2.05, 4.69) is 20.3 Å². The number of unbranched alkanes of at least 4 members (excludes halogenated alkanes) is 1. The van der Waals surface area contributed by atoms with Crippen LogP contribution in [0.3, 0.4) is 0 Å². The molecule has 0 spiro atoms. The Morgan fingerprint density at radius 2 is 2.15 bits per heavy atom. The topological polar surface area (TPSA) is 127 Å². The molecule has 0 aliphatic heterocycles. The summed E-state index contributed by atoms with van der Waals surface area (Å²) in [7, 11) is 1.31. The van der Waals surface area contributed by atoms with Gasteiger partial charge in [-0.1, -0.05) is 0 Å². The second-order valence-electron chi connectivity index (χ2n) is 4.09. The Kier molecular flexibility index (Phi) is 5.63. The number of hydrogen-bond acceptors (Lipinski definition) is 6. The fourth-order valence-corrected chi connectivity index (χ4v) is 1.59. The Labute approximate surface area is 114 Å². The van der Waals surface area contributed by atoms with E-state index in [1.807, 2.05) is 0 Å². The molecule has 1 amide bonds. The molecule has 9 nitrogen and oxygen atoms in total. The van der Waals surface area contributed by atoms with E-state index in [9.17, 15) is 19.7 Å². The van der Waals surface area contributed by atoms with Crippen molar-refractivity contribution < 1.29 is 19.2 Å². The Morgan fingerprint density at radius 3 is 2.75 bits per heavy atom. The highest BCUT2D eigenvalue weighted by Crippen LogP contribution is 2.19. The van der Waals surface area contributed by atoms with Crippen molar-refractivity contribution in [1.82, 2.24) is 15.5 Å². The van der Waals surface area contributed by atoms with Gasteiger partial charge in [0.2, 0.25) is 5.69 Å². The molecule has 0 aliphatic rings. The third-order valence-electron chi connectivity index (χ3n) is 2.63. The van der Waals surface area contributed by atoms with Crippen molar-refractivity contribution in [2.45, 2.75) is 26.2 Å². The number of amides is 1. The Bertz CT molecular complexity index is 511. The summed E-state index contributed by atoms with van der Waals surface area (Å²) in [6, 6.07) is 0. The normalized spacial score (nSPS) is 10.1. The van der Waals surface area contributed by atoms with Crippen molar-refractivity contribution in [3.05, 3.63) is 21.5 Å². The number of H-pyrrole nitrogens is 1. The Morgan fingerprint density at radius 1 is 1.45 bits per heavy atom. The van der Waals surface area contributed by atoms with Gasteiger partial charge in [-0.05, 0) is 19.8 Å². The molecule has 0 unspecified atom stereocenters. The fraction of sp³-hybridized carbons (Fsp3) is 0.545. The van der Waals surface area contributed by atoms with Gasteiger partial charge in [0.1, 0.15) is 5.69 Å². The number of hydrogen-bond donors (Lipinski definition) is 2. The van der Waals surface area contributed by atoms with Gasteiger partial charge in [-0.3, -0.25) is 24.8 Å². The molecule has 1 heterocycles. The molecule has 0 saturated heterocycles. The maximum Gasteiger partial charge on any atom is 0.322 e. The van der Waals surface area contributed by atoms with Gasteiger partial charge < -0.3 is 10.1 Å². The van der Waals surface area contributed by atoms with E-state index in [-0.39, 0.29) is 29.5 Å². The maximum atomic E-state index is 11.7. The molecule has 0 saturated carbocycles. The third-order valence-corrected chi connectivity index (χ3v) is 2.63. The van der Waals surface area contributed by atoms with Gasteiger partial charge in [-0.25, -0.2) is 0 Å². The average Bonchev–Trinajstić information content (AvgIpc) is 2.79. The number of methoxy groups -OCH3 is 1. The number of nitro groups is 1. The third kappa shape index (κ3) is 4.04. The van der Waals surface area contributed by atoms with E-state index in [0.717, 1.165) is 0 Å². The number of rotatable bonds is 7. The number of nitrogens with one attached hydrogen (secondary N) is 2. The quantitative estimate of drug-likeness (QED) is 0.328. The predicted molar refractivity (Wildman–Crippen MR) is 68.2 cm³/mol. The van der Waals surface area contributed by atoms with Crippen molar-refractivity contribution >= 4 is 17.6 Å². The molecule has 0 aromatic carbocycles. The summed E-state index contributed by atoms with van der Waals surface area (Å²) < 4.78 is 4.48. The molecular formula is C11H16N4O5. The molecule has 0 aliphatic carbocycles. The monoisotopic (exact) mass is 284 g/mol. The molecule has 1 aromatic heterocycles. The number of carbonyl (C=O) groups is 2. The molecule has 0 fully saturated rings. The summed E-state index contributed by atoms with van der Waals surface area (Å²) in [5.74, 6) is -0.922. The number of esters is 1. The van der Waals surface area contributed by atoms with Crippen molar-refractivity contribution in [3.63, 3.8) is 0 Å². The summed E-state index contributed by atoms with van der Waals surface area (Å²) in [4.78, 5) is 32.8. The molecule has 20 heavy (non-hydrogen) atoms. The van der Waals surface area contributed by atoms with Gasteiger partial charge in [-0.2, -0.15) is 5.10 Å². The summed E-state index contributed by atoms with van der Waals surface area (Å²) in [6.45, 7) is 1.77. The molecule has 1 aromatic rings. The van der Waals surface area contributed by atoms with Crippen LogP contribution in [0.25, 0.3) is 0 Å². The second-order valence-corrected chi connectivity index (χ2v) is 4.09. The summed E-state index contributed by atoms with van der Waals surface area (Å²) in [5, 5.41) is 19.4. The van der Waals surface area contributed by atoms with Crippen LogP contribution in [0.15, 0.2) is 0 Å². The first-order chi connectivity index (χ1) is 9.47. The highest BCUT2D eigenvalue weighted by Gasteiger charge is 2.26. The van der Waals surface area contributed by atoms with Crippen molar-refractivity contribution in [3.8, 4) is 0 Å². The number of aromatic nitrogens is 2. The number of aryl methyl sites for hydroxylation is 1. The standard InChI is InChI=1S/C11H16N4O5/c1-7-10(15(18)19)9(14-13-7)11(17)12-6-4-3-5-8(16)20-2/h3-6H2,1-2H3,(H,12,17)(H,13,14). The Hall–Kier alpha value is -2.45. The summed E-state index contributed by atoms with van der Waals surface area (Å²) >= 11 is 0. The zero-order valence-corrected chi connectivity index (χ0v) is 11.3. The van der Waals surface area contributed by atoms with Crippen LogP contribution < -0.4 is 5.32 Å². The minimum atomic E-state index is -0.648. The molecule has 0 bridgehead atoms. The van der Waals surface area contributed by atoms with Gasteiger partial charge in [-0.15, -0.1) is 0 Å². The van der Waals surface area contributed by atoms with Crippen LogP contribution in [-0.2, 0) is 9.53 Å². The highest BCUT2D eigenvalue weighted by molar-refractivity contribution is 5.96. The number of aromatic amines is 1. The van der Waals surface area contributed by atoms with E-state index in [1.165, 1.54) is 14.0 Å². The lowest BCUT2D eigenvalue weighted by atomic mass is 10.2. The van der Waals surface area contributed by atoms with Crippen LogP contribution >= 0.6 is 0 Å². The lowest BCUT2D eigenvalue weighted by Crippen LogP contribution is -2.25. The predicted octanol–water partition coefficient (Wildman–Crippen LogP) is 0.699. The zero-order chi connectivity index (χ0) is 15.1. The maximum absolute atomic E-state index is 11.7. The lowest BCUT2D eigenvalue weighted by molar-refractivity contribution is -0.385. The number of carbonyl (C=O) groups excluding carboxylic acids is 2. The molecule has 9 heteroatoms. The SMILES string of the molecule is COC(=O)CCCCNC(=O)c1n[nH]c(C)c1[N+](=O)[O-]. The van der Waals surface area contributed by atoms with E-state index in [0.29, 0.717) is 19.4 Å². The molecule has 0 atom stereocenters. The van der Waals surface area contributed by atoms with Crippen LogP contribution in [0.2, 0.25) is 0 Å². The first-order valence-electron chi connectivity index (χ1n) is 6.01. The zero-order valence-electron chi connectivity index (χ0n) is 11.3. The minimum absolute atomic E-state index is 0.228. The van der Waals surface area contributed by atoms with Crippen LogP contribution in [0.5, 0.6) is 0 Å². The van der Waals surface area contributed by atoms with Crippen LogP contribution in [0.1, 0.15) is 35.4 Å². The van der Waals surface area contributed by atoms with Crippen LogP contribution in [0.4, 0.5) is 5.69 Å². The van der Waals surface area contributed by atoms with Gasteiger partial charge >= 0.3 is 11.7 Å². The van der Waals surface area contributed by atoms with Crippen molar-refractivity contribution in [1.29, 1.82) is 0 Å². The largest absolute Gasteiger partial charge is 0.469 e. The molecule has 2 N–H and O–H groups in total. The van der Waals surface area contributed by atoms with Crippen LogP contribution in [-0.4, -0.2) is 40.7 Å². The van der Waals surface area contributed by atoms with E-state index >= 15 is 0 Å². The molecule has 1 rings (SSSR count).